The van der Waals surface area contributed by atoms with E-state index in [0.29, 0.717) is 25.7 Å². The molecule has 0 aromatic carbocycles. The fraction of sp³-hybridized carbons (Fsp3) is 0.672. The molecule has 0 spiro atoms. The molecule has 0 aliphatic heterocycles. The van der Waals surface area contributed by atoms with Gasteiger partial charge in [-0.05, 0) is 116 Å². The van der Waals surface area contributed by atoms with Crippen molar-refractivity contribution in [2.45, 2.75) is 251 Å². The van der Waals surface area contributed by atoms with E-state index in [-0.39, 0.29) is 25.9 Å². The normalized spacial score (nSPS) is 14.1. The summed E-state index contributed by atoms with van der Waals surface area (Å²) in [5, 5.41) is 9.81. The molecule has 0 bridgehead atoms. The molecule has 0 radical (unpaired) electrons. The zero-order chi connectivity index (χ0) is 55.5. The number of hydrogen-bond donors (Lipinski definition) is 2. The Morgan fingerprint density at radius 1 is 0.382 bits per heavy atom. The van der Waals surface area contributed by atoms with Crippen molar-refractivity contribution in [1.82, 2.24) is 0 Å². The lowest BCUT2D eigenvalue weighted by Crippen LogP contribution is -2.30. The Morgan fingerprint density at radius 2 is 0.724 bits per heavy atom. The molecule has 0 saturated carbocycles. The van der Waals surface area contributed by atoms with Crippen LogP contribution in [0.3, 0.4) is 0 Å². The maximum Gasteiger partial charge on any atom is 0.472 e. The van der Waals surface area contributed by atoms with Crippen LogP contribution < -0.4 is 0 Å². The summed E-state index contributed by atoms with van der Waals surface area (Å²) in [6.07, 6.45) is 69.1. The zero-order valence-corrected chi connectivity index (χ0v) is 48.8. The van der Waals surface area contributed by atoms with Crippen molar-refractivity contribution in [3.05, 3.63) is 109 Å². The second-order valence-corrected chi connectivity index (χ2v) is 20.9. The number of ether oxygens (including phenoxy) is 3. The van der Waals surface area contributed by atoms with Gasteiger partial charge in [0.15, 0.2) is 6.10 Å². The molecule has 0 amide bonds. The van der Waals surface area contributed by atoms with Gasteiger partial charge in [0, 0.05) is 19.3 Å². The summed E-state index contributed by atoms with van der Waals surface area (Å²) in [6.45, 7) is 4.36. The molecule has 0 saturated heterocycles. The number of aliphatic hydroxyl groups excluding tert-OH is 1. The summed E-state index contributed by atoms with van der Waals surface area (Å²) in [5.41, 5.74) is 0. The highest BCUT2D eigenvalue weighted by atomic mass is 31.2. The third-order valence-electron chi connectivity index (χ3n) is 12.1. The van der Waals surface area contributed by atoms with Gasteiger partial charge >= 0.3 is 25.7 Å². The van der Waals surface area contributed by atoms with Crippen molar-refractivity contribution < 1.29 is 52.2 Å². The van der Waals surface area contributed by atoms with Crippen molar-refractivity contribution >= 4 is 25.7 Å². The van der Waals surface area contributed by atoms with Gasteiger partial charge in [0.1, 0.15) is 12.7 Å². The Hall–Kier alpha value is -3.86. The topological polar surface area (TPSA) is 155 Å². The van der Waals surface area contributed by atoms with E-state index in [9.17, 15) is 28.9 Å². The number of carbonyl (C=O) groups is 3. The predicted octanol–water partition coefficient (Wildman–Crippen LogP) is 17.8. The van der Waals surface area contributed by atoms with Crippen LogP contribution in [0.15, 0.2) is 109 Å². The average molecular weight is 1080 g/mol. The number of phosphoric acid groups is 1. The summed E-state index contributed by atoms with van der Waals surface area (Å²) in [4.78, 5) is 48.6. The van der Waals surface area contributed by atoms with Crippen LogP contribution in [-0.2, 0) is 42.2 Å². The second-order valence-electron chi connectivity index (χ2n) is 19.4. The van der Waals surface area contributed by atoms with E-state index in [2.05, 4.69) is 124 Å². The van der Waals surface area contributed by atoms with Gasteiger partial charge in [-0.25, -0.2) is 4.57 Å². The lowest BCUT2D eigenvalue weighted by Gasteiger charge is -2.21. The number of phosphoric ester groups is 1. The highest BCUT2D eigenvalue weighted by Crippen LogP contribution is 2.43. The minimum absolute atomic E-state index is 0.142. The van der Waals surface area contributed by atoms with Crippen LogP contribution in [0, 0.1) is 0 Å². The van der Waals surface area contributed by atoms with Gasteiger partial charge in [-0.15, -0.1) is 0 Å². The zero-order valence-electron chi connectivity index (χ0n) is 47.9. The van der Waals surface area contributed by atoms with E-state index in [1.807, 2.05) is 6.08 Å². The summed E-state index contributed by atoms with van der Waals surface area (Å²) in [5.74, 6) is -1.56. The lowest BCUT2D eigenvalue weighted by atomic mass is 10.1. The highest BCUT2D eigenvalue weighted by molar-refractivity contribution is 7.47. The van der Waals surface area contributed by atoms with E-state index in [1.54, 1.807) is 0 Å². The van der Waals surface area contributed by atoms with Crippen molar-refractivity contribution in [1.29, 1.82) is 0 Å². The average Bonchev–Trinajstić information content (AvgIpc) is 3.41. The molecule has 0 aliphatic rings. The summed E-state index contributed by atoms with van der Waals surface area (Å²) in [7, 11) is -4.77. The molecule has 3 atom stereocenters. The first-order valence-electron chi connectivity index (χ1n) is 29.8. The molecule has 11 nitrogen and oxygen atoms in total. The van der Waals surface area contributed by atoms with Crippen molar-refractivity contribution in [2.75, 3.05) is 26.4 Å². The lowest BCUT2D eigenvalue weighted by molar-refractivity contribution is -0.161. The standard InChI is InChI=1S/C64H107O11P/c1-4-7-10-13-16-19-22-25-27-29-30-32-34-37-40-43-46-49-52-55-64(68)75-61(57-71-62(66)53-50-47-44-41-38-36-33-31-28-26-23-20-17-14-11-8-5-2)59-73-76(69,70)72-58-60(56-65)74-63(67)54-51-48-45-42-39-35-24-21-18-15-12-9-6-3/h8,11-12,15-17,19-21,24-28,33,36,41,44,60-61,65H,4-7,9-10,13-14,18,22-23,29-32,34-35,37-40,42-43,45-59H2,1-3H3,(H,69,70)/b11-8-,15-12-,19-16-,20-17-,24-21-,27-25-,28-26-,36-33-,44-41-. The van der Waals surface area contributed by atoms with Crippen LogP contribution in [-0.4, -0.2) is 66.5 Å². The summed E-state index contributed by atoms with van der Waals surface area (Å²) in [6, 6.07) is 0. The number of carbonyl (C=O) groups excluding carboxylic acids is 3. The molecule has 2 N–H and O–H groups in total. The minimum atomic E-state index is -4.77. The van der Waals surface area contributed by atoms with Gasteiger partial charge in [0.2, 0.25) is 0 Å². The van der Waals surface area contributed by atoms with Gasteiger partial charge in [-0.2, -0.15) is 0 Å². The molecule has 0 heterocycles. The van der Waals surface area contributed by atoms with E-state index >= 15 is 0 Å². The van der Waals surface area contributed by atoms with Crippen molar-refractivity contribution in [3.63, 3.8) is 0 Å². The molecule has 0 aromatic heterocycles. The first kappa shape index (κ1) is 72.1. The van der Waals surface area contributed by atoms with Crippen molar-refractivity contribution in [3.8, 4) is 0 Å². The number of aliphatic hydroxyl groups is 1. The molecular formula is C64H107O11P. The second kappa shape index (κ2) is 57.3. The van der Waals surface area contributed by atoms with Gasteiger partial charge in [0.05, 0.1) is 19.8 Å². The quantitative estimate of drug-likeness (QED) is 0.0197. The maximum atomic E-state index is 12.9. The monoisotopic (exact) mass is 1080 g/mol. The Labute approximate surface area is 463 Å². The maximum absolute atomic E-state index is 12.9. The van der Waals surface area contributed by atoms with Crippen LogP contribution in [0.25, 0.3) is 0 Å². The summed E-state index contributed by atoms with van der Waals surface area (Å²) >= 11 is 0. The molecule has 0 fully saturated rings. The number of rotatable bonds is 54. The molecule has 0 rings (SSSR count). The Bertz CT molecular complexity index is 1690. The molecule has 76 heavy (non-hydrogen) atoms. The minimum Gasteiger partial charge on any atom is -0.462 e. The van der Waals surface area contributed by atoms with Crippen LogP contribution >= 0.6 is 7.82 Å². The molecule has 12 heteroatoms. The van der Waals surface area contributed by atoms with Crippen LogP contribution in [0.4, 0.5) is 0 Å². The third kappa shape index (κ3) is 54.9. The van der Waals surface area contributed by atoms with Crippen LogP contribution in [0.2, 0.25) is 0 Å². The molecule has 434 valence electrons. The third-order valence-corrected chi connectivity index (χ3v) is 13.1. The van der Waals surface area contributed by atoms with Crippen LogP contribution in [0.1, 0.15) is 239 Å². The van der Waals surface area contributed by atoms with Gasteiger partial charge in [-0.1, -0.05) is 214 Å². The Kier molecular flexibility index (Phi) is 54.4. The highest BCUT2D eigenvalue weighted by Gasteiger charge is 2.28. The predicted molar refractivity (Wildman–Crippen MR) is 316 cm³/mol. The van der Waals surface area contributed by atoms with Gasteiger partial charge in [-0.3, -0.25) is 23.4 Å². The Balaban J connectivity index is 4.83. The summed E-state index contributed by atoms with van der Waals surface area (Å²) < 4.78 is 39.5. The van der Waals surface area contributed by atoms with Gasteiger partial charge < -0.3 is 24.2 Å². The fourth-order valence-electron chi connectivity index (χ4n) is 7.64. The Morgan fingerprint density at radius 3 is 1.14 bits per heavy atom. The van der Waals surface area contributed by atoms with E-state index in [1.165, 1.54) is 51.4 Å². The number of unbranched alkanes of at least 4 members (excludes halogenated alkanes) is 19. The number of allylic oxidation sites excluding steroid dienone is 18. The van der Waals surface area contributed by atoms with E-state index < -0.39 is 57.8 Å². The largest absolute Gasteiger partial charge is 0.472 e. The molecule has 0 aliphatic carbocycles. The number of hydrogen-bond acceptors (Lipinski definition) is 10. The van der Waals surface area contributed by atoms with Crippen LogP contribution in [0.5, 0.6) is 0 Å². The number of esters is 3. The van der Waals surface area contributed by atoms with E-state index in [0.717, 1.165) is 122 Å². The molecule has 0 aromatic rings. The first-order chi connectivity index (χ1) is 37.2. The van der Waals surface area contributed by atoms with Gasteiger partial charge in [0.25, 0.3) is 0 Å². The SMILES string of the molecule is CC/C=C\C/C=C\C/C=C\C/C=C\C/C=C\CCCC(=O)OCC(COP(=O)(O)OCC(CO)OC(=O)CCCCCCC/C=C\C/C=C\CCC)OC(=O)CCCCCCCCCCC/C=C\C/C=C\CCCCC. The molecular weight excluding hydrogens is 976 g/mol. The smallest absolute Gasteiger partial charge is 0.462 e. The molecule has 3 unspecified atom stereocenters. The first-order valence-corrected chi connectivity index (χ1v) is 31.3. The fourth-order valence-corrected chi connectivity index (χ4v) is 8.42. The van der Waals surface area contributed by atoms with E-state index in [4.69, 9.17) is 23.3 Å². The van der Waals surface area contributed by atoms with Crippen molar-refractivity contribution in [2.24, 2.45) is 0 Å².